The summed E-state index contributed by atoms with van der Waals surface area (Å²) >= 11 is 3.45. The smallest absolute Gasteiger partial charge is 0.278 e. The number of hydrogen-bond donors (Lipinski definition) is 2. The van der Waals surface area contributed by atoms with Crippen molar-refractivity contribution in [2.75, 3.05) is 16.8 Å². The number of anilines is 2. The molecular formula is C18H14BrN3O2. The molecule has 5 nitrogen and oxygen atoms in total. The second-order valence-electron chi connectivity index (χ2n) is 5.74. The molecule has 0 aliphatic carbocycles. The van der Waals surface area contributed by atoms with Gasteiger partial charge in [-0.05, 0) is 30.3 Å². The minimum atomic E-state index is -1.30. The van der Waals surface area contributed by atoms with Crippen LogP contribution in [0.5, 0.6) is 0 Å². The van der Waals surface area contributed by atoms with E-state index in [-0.39, 0.29) is 11.8 Å². The van der Waals surface area contributed by atoms with Gasteiger partial charge in [0.2, 0.25) is 5.66 Å². The third-order valence-electron chi connectivity index (χ3n) is 4.33. The highest BCUT2D eigenvalue weighted by Gasteiger charge is 2.54. The van der Waals surface area contributed by atoms with Crippen LogP contribution >= 0.6 is 15.9 Å². The maximum atomic E-state index is 13.2. The maximum Gasteiger partial charge on any atom is 0.278 e. The monoisotopic (exact) mass is 383 g/mol. The summed E-state index contributed by atoms with van der Waals surface area (Å²) in [5, 5.41) is 6.12. The number of amides is 2. The second-order valence-corrected chi connectivity index (χ2v) is 6.66. The highest BCUT2D eigenvalue weighted by Crippen LogP contribution is 2.44. The third kappa shape index (κ3) is 1.93. The predicted octanol–water partition coefficient (Wildman–Crippen LogP) is 2.99. The first-order valence-corrected chi connectivity index (χ1v) is 8.29. The zero-order chi connectivity index (χ0) is 16.9. The normalized spacial score (nSPS) is 21.1. The summed E-state index contributed by atoms with van der Waals surface area (Å²) in [6.45, 7) is 4.09. The molecule has 2 aliphatic heterocycles. The molecule has 0 aromatic heterocycles. The largest absolute Gasteiger partial charge is 0.350 e. The molecule has 6 heteroatoms. The average Bonchev–Trinajstić information content (AvgIpc) is 2.78. The van der Waals surface area contributed by atoms with Crippen LogP contribution in [0.25, 0.3) is 0 Å². The summed E-state index contributed by atoms with van der Waals surface area (Å²) in [7, 11) is 0. The van der Waals surface area contributed by atoms with Crippen LogP contribution in [-0.2, 0) is 10.5 Å². The zero-order valence-electron chi connectivity index (χ0n) is 12.7. The summed E-state index contributed by atoms with van der Waals surface area (Å²) in [6.07, 6.45) is 1.67. The van der Waals surface area contributed by atoms with E-state index >= 15 is 0 Å². The molecule has 2 aromatic carbocycles. The molecule has 2 amide bonds. The minimum absolute atomic E-state index is 0.224. The number of carbonyl (C=O) groups is 2. The average molecular weight is 384 g/mol. The fourth-order valence-corrected chi connectivity index (χ4v) is 3.65. The number of para-hydroxylation sites is 1. The molecule has 1 atom stereocenters. The Morgan fingerprint density at radius 3 is 2.75 bits per heavy atom. The van der Waals surface area contributed by atoms with Crippen molar-refractivity contribution >= 4 is 39.1 Å². The van der Waals surface area contributed by atoms with Gasteiger partial charge in [-0.3, -0.25) is 9.59 Å². The lowest BCUT2D eigenvalue weighted by atomic mass is 9.96. The molecule has 0 radical (unpaired) electrons. The van der Waals surface area contributed by atoms with Gasteiger partial charge in [0.25, 0.3) is 11.8 Å². The van der Waals surface area contributed by atoms with E-state index in [1.807, 2.05) is 24.3 Å². The van der Waals surface area contributed by atoms with E-state index in [1.54, 1.807) is 29.2 Å². The van der Waals surface area contributed by atoms with E-state index in [4.69, 9.17) is 0 Å². The minimum Gasteiger partial charge on any atom is -0.350 e. The van der Waals surface area contributed by atoms with E-state index in [9.17, 15) is 9.59 Å². The molecule has 0 bridgehead atoms. The Labute approximate surface area is 147 Å². The molecule has 2 N–H and O–H groups in total. The van der Waals surface area contributed by atoms with Crippen LogP contribution < -0.4 is 15.5 Å². The Morgan fingerprint density at radius 2 is 1.96 bits per heavy atom. The molecule has 2 aromatic rings. The topological polar surface area (TPSA) is 61.4 Å². The van der Waals surface area contributed by atoms with Gasteiger partial charge in [-0.2, -0.15) is 0 Å². The van der Waals surface area contributed by atoms with Gasteiger partial charge in [-0.25, -0.2) is 0 Å². The molecule has 120 valence electrons. The number of hydrogen-bond acceptors (Lipinski definition) is 3. The lowest BCUT2D eigenvalue weighted by molar-refractivity contribution is -0.123. The summed E-state index contributed by atoms with van der Waals surface area (Å²) in [4.78, 5) is 27.4. The van der Waals surface area contributed by atoms with Crippen molar-refractivity contribution in [3.8, 4) is 0 Å². The van der Waals surface area contributed by atoms with Crippen LogP contribution in [0, 0.1) is 0 Å². The Hall–Kier alpha value is -2.60. The highest BCUT2D eigenvalue weighted by molar-refractivity contribution is 9.10. The predicted molar refractivity (Wildman–Crippen MR) is 95.9 cm³/mol. The van der Waals surface area contributed by atoms with Crippen molar-refractivity contribution in [3.05, 3.63) is 70.7 Å². The quantitative estimate of drug-likeness (QED) is 0.783. The Kier molecular flexibility index (Phi) is 3.25. The first-order chi connectivity index (χ1) is 11.6. The van der Waals surface area contributed by atoms with Crippen LogP contribution in [0.15, 0.2) is 59.6 Å². The van der Waals surface area contributed by atoms with Crippen LogP contribution in [0.2, 0.25) is 0 Å². The molecule has 1 spiro atoms. The number of rotatable bonds is 2. The van der Waals surface area contributed by atoms with Crippen molar-refractivity contribution in [1.29, 1.82) is 0 Å². The molecule has 0 saturated carbocycles. The van der Waals surface area contributed by atoms with Gasteiger partial charge in [0.1, 0.15) is 0 Å². The number of halogens is 1. The fourth-order valence-electron chi connectivity index (χ4n) is 3.28. The van der Waals surface area contributed by atoms with E-state index in [0.717, 1.165) is 10.2 Å². The number of nitrogens with zero attached hydrogens (tertiary/aromatic N) is 1. The molecule has 0 saturated heterocycles. The lowest BCUT2D eigenvalue weighted by Gasteiger charge is -2.36. The van der Waals surface area contributed by atoms with E-state index in [1.165, 1.54) is 0 Å². The summed E-state index contributed by atoms with van der Waals surface area (Å²) in [6, 6.07) is 12.8. The summed E-state index contributed by atoms with van der Waals surface area (Å²) in [5.74, 6) is -0.498. The highest BCUT2D eigenvalue weighted by atomic mass is 79.9. The number of nitrogens with one attached hydrogen (secondary N) is 2. The van der Waals surface area contributed by atoms with Crippen molar-refractivity contribution in [2.24, 2.45) is 0 Å². The van der Waals surface area contributed by atoms with Crippen molar-refractivity contribution in [3.63, 3.8) is 0 Å². The molecule has 2 heterocycles. The molecule has 0 unspecified atom stereocenters. The molecule has 24 heavy (non-hydrogen) atoms. The van der Waals surface area contributed by atoms with Gasteiger partial charge >= 0.3 is 0 Å². The van der Waals surface area contributed by atoms with E-state index in [0.29, 0.717) is 23.4 Å². The van der Waals surface area contributed by atoms with Gasteiger partial charge in [-0.15, -0.1) is 6.58 Å². The first-order valence-electron chi connectivity index (χ1n) is 7.49. The van der Waals surface area contributed by atoms with Crippen LogP contribution in [-0.4, -0.2) is 18.4 Å². The molecular weight excluding hydrogens is 370 g/mol. The molecule has 2 aliphatic rings. The standard InChI is InChI=1S/C18H14BrN3O2/c1-2-9-22-15-8-7-11(19)10-13(15)18(17(22)24)20-14-6-4-3-5-12(14)16(23)21-18/h2-8,10,20H,1,9H2,(H,21,23)/t18-/m0/s1. The van der Waals surface area contributed by atoms with Crippen LogP contribution in [0.4, 0.5) is 11.4 Å². The second kappa shape index (κ2) is 5.21. The summed E-state index contributed by atoms with van der Waals surface area (Å²) < 4.78 is 0.837. The third-order valence-corrected chi connectivity index (χ3v) is 4.82. The van der Waals surface area contributed by atoms with Gasteiger partial charge < -0.3 is 15.5 Å². The number of fused-ring (bicyclic) bond motifs is 3. The van der Waals surface area contributed by atoms with Gasteiger partial charge in [0, 0.05) is 22.3 Å². The molecule has 4 rings (SSSR count). The maximum absolute atomic E-state index is 13.2. The van der Waals surface area contributed by atoms with Gasteiger partial charge in [-0.1, -0.05) is 34.1 Å². The van der Waals surface area contributed by atoms with Gasteiger partial charge in [0.05, 0.1) is 11.3 Å². The van der Waals surface area contributed by atoms with Crippen molar-refractivity contribution in [1.82, 2.24) is 5.32 Å². The number of carbonyl (C=O) groups excluding carboxylic acids is 2. The lowest BCUT2D eigenvalue weighted by Crippen LogP contribution is -2.60. The van der Waals surface area contributed by atoms with Gasteiger partial charge in [0.15, 0.2) is 0 Å². The first kappa shape index (κ1) is 15.0. The molecule has 0 fully saturated rings. The Balaban J connectivity index is 1.93. The van der Waals surface area contributed by atoms with E-state index < -0.39 is 5.66 Å². The van der Waals surface area contributed by atoms with E-state index in [2.05, 4.69) is 33.1 Å². The van der Waals surface area contributed by atoms with Crippen LogP contribution in [0.1, 0.15) is 15.9 Å². The van der Waals surface area contributed by atoms with Crippen molar-refractivity contribution < 1.29 is 9.59 Å². The SMILES string of the molecule is C=CCN1C(=O)[C@@]2(NC(=O)c3ccccc3N2)c2cc(Br)ccc21. The Bertz CT molecular complexity index is 896. The number of benzene rings is 2. The van der Waals surface area contributed by atoms with Crippen LogP contribution in [0.3, 0.4) is 0 Å². The Morgan fingerprint density at radius 1 is 1.17 bits per heavy atom. The zero-order valence-corrected chi connectivity index (χ0v) is 14.3. The fraction of sp³-hybridized carbons (Fsp3) is 0.111. The van der Waals surface area contributed by atoms with Crippen molar-refractivity contribution in [2.45, 2.75) is 5.66 Å². The summed E-state index contributed by atoms with van der Waals surface area (Å²) in [5.41, 5.74) is 1.34.